The summed E-state index contributed by atoms with van der Waals surface area (Å²) in [4.78, 5) is 29.2. The summed E-state index contributed by atoms with van der Waals surface area (Å²) in [7, 11) is 0. The molecule has 4 N–H and O–H groups in total. The van der Waals surface area contributed by atoms with E-state index in [0.29, 0.717) is 31.6 Å². The van der Waals surface area contributed by atoms with Crippen LogP contribution < -0.4 is 10.6 Å². The Morgan fingerprint density at radius 2 is 2.33 bits per heavy atom. The van der Waals surface area contributed by atoms with Gasteiger partial charge in [0, 0.05) is 18.4 Å². The number of rotatable bonds is 4. The molecule has 0 radical (unpaired) electrons. The zero-order valence-corrected chi connectivity index (χ0v) is 9.85. The summed E-state index contributed by atoms with van der Waals surface area (Å²) in [5, 5.41) is 14.3. The number of hydrogen-bond acceptors (Lipinski definition) is 3. The number of hydrogen-bond donors (Lipinski definition) is 4. The molecule has 0 bridgehead atoms. The zero-order valence-electron chi connectivity index (χ0n) is 9.85. The lowest BCUT2D eigenvalue weighted by atomic mass is 10.1. The lowest BCUT2D eigenvalue weighted by Crippen LogP contribution is -2.41. The summed E-state index contributed by atoms with van der Waals surface area (Å²) < 4.78 is 0. The molecule has 0 unspecified atom stereocenters. The van der Waals surface area contributed by atoms with Gasteiger partial charge in [-0.25, -0.2) is 9.78 Å². The monoisotopic (exact) mass is 252 g/mol. The zero-order chi connectivity index (χ0) is 13.0. The first-order valence-corrected chi connectivity index (χ1v) is 5.90. The highest BCUT2D eigenvalue weighted by molar-refractivity contribution is 5.75. The first-order chi connectivity index (χ1) is 8.65. The maximum absolute atomic E-state index is 11.6. The van der Waals surface area contributed by atoms with Crippen molar-refractivity contribution in [1.29, 1.82) is 0 Å². The number of H-pyrrole nitrogens is 1. The van der Waals surface area contributed by atoms with Crippen molar-refractivity contribution >= 4 is 12.0 Å². The number of urea groups is 1. The molecule has 18 heavy (non-hydrogen) atoms. The van der Waals surface area contributed by atoms with Crippen LogP contribution in [0.15, 0.2) is 12.4 Å². The van der Waals surface area contributed by atoms with Crippen LogP contribution in [-0.2, 0) is 11.3 Å². The van der Waals surface area contributed by atoms with Crippen molar-refractivity contribution in [3.8, 4) is 0 Å². The molecule has 0 saturated heterocycles. The summed E-state index contributed by atoms with van der Waals surface area (Å²) in [6.45, 7) is 0.327. The molecular formula is C11H16N4O3. The molecule has 1 heterocycles. The number of imidazole rings is 1. The van der Waals surface area contributed by atoms with E-state index in [1.54, 1.807) is 12.4 Å². The third kappa shape index (κ3) is 3.22. The topological polar surface area (TPSA) is 107 Å². The van der Waals surface area contributed by atoms with Crippen molar-refractivity contribution in [3.05, 3.63) is 18.2 Å². The van der Waals surface area contributed by atoms with Gasteiger partial charge in [-0.15, -0.1) is 0 Å². The summed E-state index contributed by atoms with van der Waals surface area (Å²) >= 11 is 0. The van der Waals surface area contributed by atoms with E-state index in [9.17, 15) is 9.59 Å². The SMILES string of the molecule is O=C(NCc1ncc[nH]1)N[C@H]1CC[C@@H](C(=O)O)C1. The van der Waals surface area contributed by atoms with Crippen molar-refractivity contribution in [2.45, 2.75) is 31.8 Å². The molecule has 1 aliphatic carbocycles. The van der Waals surface area contributed by atoms with Crippen molar-refractivity contribution in [3.63, 3.8) is 0 Å². The Labute approximate surface area is 104 Å². The predicted octanol–water partition coefficient (Wildman–Crippen LogP) is 0.462. The summed E-state index contributed by atoms with van der Waals surface area (Å²) in [6.07, 6.45) is 5.14. The van der Waals surface area contributed by atoms with E-state index in [4.69, 9.17) is 5.11 Å². The normalized spacial score (nSPS) is 22.7. The molecule has 0 spiro atoms. The second kappa shape index (κ2) is 5.52. The van der Waals surface area contributed by atoms with Gasteiger partial charge in [-0.1, -0.05) is 0 Å². The van der Waals surface area contributed by atoms with E-state index >= 15 is 0 Å². The first-order valence-electron chi connectivity index (χ1n) is 5.90. The van der Waals surface area contributed by atoms with Crippen molar-refractivity contribution in [2.75, 3.05) is 0 Å². The highest BCUT2D eigenvalue weighted by Crippen LogP contribution is 2.25. The average molecular weight is 252 g/mol. The lowest BCUT2D eigenvalue weighted by Gasteiger charge is -2.12. The number of nitrogens with zero attached hydrogens (tertiary/aromatic N) is 1. The highest BCUT2D eigenvalue weighted by Gasteiger charge is 2.30. The maximum Gasteiger partial charge on any atom is 0.315 e. The molecule has 1 saturated carbocycles. The fourth-order valence-corrected chi connectivity index (χ4v) is 2.13. The van der Waals surface area contributed by atoms with E-state index in [-0.39, 0.29) is 18.0 Å². The summed E-state index contributed by atoms with van der Waals surface area (Å²) in [5.41, 5.74) is 0. The van der Waals surface area contributed by atoms with Crippen molar-refractivity contribution in [2.24, 2.45) is 5.92 Å². The van der Waals surface area contributed by atoms with Crippen LogP contribution in [0.3, 0.4) is 0 Å². The van der Waals surface area contributed by atoms with Gasteiger partial charge in [0.2, 0.25) is 0 Å². The van der Waals surface area contributed by atoms with Gasteiger partial charge in [-0.2, -0.15) is 0 Å². The largest absolute Gasteiger partial charge is 0.481 e. The molecule has 2 rings (SSSR count). The third-order valence-corrected chi connectivity index (χ3v) is 3.09. The number of nitrogens with one attached hydrogen (secondary N) is 3. The van der Waals surface area contributed by atoms with Gasteiger partial charge in [0.15, 0.2) is 0 Å². The molecule has 2 amide bonds. The fraction of sp³-hybridized carbons (Fsp3) is 0.545. The maximum atomic E-state index is 11.6. The van der Waals surface area contributed by atoms with E-state index in [0.717, 1.165) is 0 Å². The summed E-state index contributed by atoms with van der Waals surface area (Å²) in [6, 6.07) is -0.342. The molecule has 2 atom stereocenters. The van der Waals surface area contributed by atoms with Gasteiger partial charge in [0.25, 0.3) is 0 Å². The van der Waals surface area contributed by atoms with E-state index in [2.05, 4.69) is 20.6 Å². The Balaban J connectivity index is 1.70. The van der Waals surface area contributed by atoms with Crippen LogP contribution in [0.25, 0.3) is 0 Å². The van der Waals surface area contributed by atoms with Gasteiger partial charge in [-0.05, 0) is 19.3 Å². The van der Waals surface area contributed by atoms with Crippen LogP contribution >= 0.6 is 0 Å². The molecule has 1 fully saturated rings. The number of aromatic nitrogens is 2. The molecule has 98 valence electrons. The number of amides is 2. The molecule has 1 aliphatic rings. The van der Waals surface area contributed by atoms with Crippen LogP contribution in [-0.4, -0.2) is 33.1 Å². The van der Waals surface area contributed by atoms with E-state index in [1.165, 1.54) is 0 Å². The van der Waals surface area contributed by atoms with Gasteiger partial charge in [0.1, 0.15) is 5.82 Å². The quantitative estimate of drug-likeness (QED) is 0.624. The van der Waals surface area contributed by atoms with Gasteiger partial charge < -0.3 is 20.7 Å². The van der Waals surface area contributed by atoms with Crippen molar-refractivity contribution in [1.82, 2.24) is 20.6 Å². The van der Waals surface area contributed by atoms with Gasteiger partial charge in [-0.3, -0.25) is 4.79 Å². The Bertz CT molecular complexity index is 418. The average Bonchev–Trinajstić information content (AvgIpc) is 2.96. The second-order valence-corrected chi connectivity index (χ2v) is 4.41. The standard InChI is InChI=1S/C11H16N4O3/c16-10(17)7-1-2-8(5-7)15-11(18)14-6-9-12-3-4-13-9/h3-4,7-8H,1-2,5-6H2,(H,12,13)(H,16,17)(H2,14,15,18)/t7-,8+/m1/s1. The van der Waals surface area contributed by atoms with E-state index in [1.807, 2.05) is 0 Å². The number of carbonyl (C=O) groups is 2. The fourth-order valence-electron chi connectivity index (χ4n) is 2.13. The van der Waals surface area contributed by atoms with Crippen LogP contribution in [0, 0.1) is 5.92 Å². The second-order valence-electron chi connectivity index (χ2n) is 4.41. The van der Waals surface area contributed by atoms with Gasteiger partial charge >= 0.3 is 12.0 Å². The van der Waals surface area contributed by atoms with Crippen LogP contribution in [0.2, 0.25) is 0 Å². The lowest BCUT2D eigenvalue weighted by molar-refractivity contribution is -0.141. The van der Waals surface area contributed by atoms with E-state index < -0.39 is 5.97 Å². The van der Waals surface area contributed by atoms with Crippen LogP contribution in [0.1, 0.15) is 25.1 Å². The Morgan fingerprint density at radius 3 is 2.94 bits per heavy atom. The van der Waals surface area contributed by atoms with Crippen LogP contribution in [0.5, 0.6) is 0 Å². The molecule has 7 heteroatoms. The number of carbonyl (C=O) groups excluding carboxylic acids is 1. The smallest absolute Gasteiger partial charge is 0.315 e. The molecule has 0 aromatic carbocycles. The molecule has 1 aromatic rings. The molecule has 0 aliphatic heterocycles. The summed E-state index contributed by atoms with van der Waals surface area (Å²) in [5.74, 6) is -0.435. The molecule has 7 nitrogen and oxygen atoms in total. The molecule has 1 aromatic heterocycles. The number of aliphatic carboxylic acids is 1. The first kappa shape index (κ1) is 12.4. The molecular weight excluding hydrogens is 236 g/mol. The Kier molecular flexibility index (Phi) is 3.81. The van der Waals surface area contributed by atoms with Crippen LogP contribution in [0.4, 0.5) is 4.79 Å². The number of carboxylic acids is 1. The van der Waals surface area contributed by atoms with Gasteiger partial charge in [0.05, 0.1) is 12.5 Å². The Hall–Kier alpha value is -2.05. The number of aromatic amines is 1. The minimum atomic E-state index is -0.782. The minimum Gasteiger partial charge on any atom is -0.481 e. The highest BCUT2D eigenvalue weighted by atomic mass is 16.4. The number of carboxylic acid groups (broad SMARTS) is 1. The Morgan fingerprint density at radius 1 is 1.50 bits per heavy atom. The predicted molar refractivity (Wildman–Crippen MR) is 62.7 cm³/mol. The third-order valence-electron chi connectivity index (χ3n) is 3.09. The van der Waals surface area contributed by atoms with Crippen molar-refractivity contribution < 1.29 is 14.7 Å². The minimum absolute atomic E-state index is 0.0531.